The molecule has 0 aliphatic heterocycles. The van der Waals surface area contributed by atoms with Crippen LogP contribution in [0.15, 0.2) is 72.6 Å². The Labute approximate surface area is 192 Å². The molecule has 7 heteroatoms. The monoisotopic (exact) mass is 449 g/mol. The van der Waals surface area contributed by atoms with E-state index in [-0.39, 0.29) is 11.8 Å². The van der Waals surface area contributed by atoms with Gasteiger partial charge in [0.15, 0.2) is 5.13 Å². The number of aromatic nitrogens is 1. The summed E-state index contributed by atoms with van der Waals surface area (Å²) in [7, 11) is 0. The van der Waals surface area contributed by atoms with Gasteiger partial charge in [0.25, 0.3) is 5.91 Å². The van der Waals surface area contributed by atoms with Crippen molar-refractivity contribution in [2.45, 2.75) is 19.8 Å². The van der Waals surface area contributed by atoms with Crippen LogP contribution < -0.4 is 15.0 Å². The number of hydrogen-bond donors (Lipinski definition) is 1. The molecule has 0 radical (unpaired) electrons. The number of rotatable bonds is 11. The number of hydrogen-bond acceptors (Lipinski definition) is 5. The largest absolute Gasteiger partial charge is 0.493 e. The van der Waals surface area contributed by atoms with Gasteiger partial charge in [-0.1, -0.05) is 48.5 Å². The molecule has 1 N–H and O–H groups in total. The van der Waals surface area contributed by atoms with E-state index in [9.17, 15) is 9.59 Å². The maximum Gasteiger partial charge on any atom is 0.255 e. The first-order chi connectivity index (χ1) is 15.6. The first kappa shape index (κ1) is 23.2. The first-order valence-electron chi connectivity index (χ1n) is 10.6. The van der Waals surface area contributed by atoms with Gasteiger partial charge < -0.3 is 10.1 Å². The number of carbonyl (C=O) groups is 2. The standard InChI is InChI=1S/C25H27N3O3S/c1-3-17-28(25-27-21(18-32-25)19-11-6-5-7-12-19)23(29)15-10-16-26-24(30)20-13-8-9-14-22(20)31-4-2/h3,5-9,11-14,18H,1,4,10,15-17H2,2H3,(H,26,30). The van der Waals surface area contributed by atoms with Gasteiger partial charge in [-0.2, -0.15) is 0 Å². The van der Waals surface area contributed by atoms with Crippen molar-refractivity contribution >= 4 is 28.3 Å². The minimum absolute atomic E-state index is 0.0529. The smallest absolute Gasteiger partial charge is 0.255 e. The molecule has 3 rings (SSSR count). The molecule has 0 unspecified atom stereocenters. The van der Waals surface area contributed by atoms with Gasteiger partial charge >= 0.3 is 0 Å². The molecular formula is C25H27N3O3S. The Kier molecular flexibility index (Phi) is 8.57. The van der Waals surface area contributed by atoms with E-state index in [1.807, 2.05) is 48.7 Å². The zero-order chi connectivity index (χ0) is 22.8. The molecule has 1 heterocycles. The lowest BCUT2D eigenvalue weighted by molar-refractivity contribution is -0.118. The summed E-state index contributed by atoms with van der Waals surface area (Å²) in [5.74, 6) is 0.290. The molecule has 0 fully saturated rings. The van der Waals surface area contributed by atoms with E-state index in [4.69, 9.17) is 4.74 Å². The van der Waals surface area contributed by atoms with Crippen molar-refractivity contribution in [2.75, 3.05) is 24.6 Å². The minimum Gasteiger partial charge on any atom is -0.493 e. The Bertz CT molecular complexity index is 1050. The highest BCUT2D eigenvalue weighted by Gasteiger charge is 2.18. The highest BCUT2D eigenvalue weighted by molar-refractivity contribution is 7.14. The normalized spacial score (nSPS) is 10.4. The van der Waals surface area contributed by atoms with Crippen molar-refractivity contribution in [1.29, 1.82) is 0 Å². The second-order valence-corrected chi connectivity index (χ2v) is 7.80. The van der Waals surface area contributed by atoms with Gasteiger partial charge in [-0.25, -0.2) is 4.98 Å². The molecule has 3 aromatic rings. The van der Waals surface area contributed by atoms with Gasteiger partial charge in [-0.3, -0.25) is 14.5 Å². The summed E-state index contributed by atoms with van der Waals surface area (Å²) in [5.41, 5.74) is 2.34. The number of benzene rings is 2. The van der Waals surface area contributed by atoms with Crippen LogP contribution in [0.5, 0.6) is 5.75 Å². The Morgan fingerprint density at radius 3 is 2.66 bits per heavy atom. The van der Waals surface area contributed by atoms with Crippen molar-refractivity contribution in [2.24, 2.45) is 0 Å². The third kappa shape index (κ3) is 6.04. The summed E-state index contributed by atoms with van der Waals surface area (Å²) in [4.78, 5) is 31.6. The zero-order valence-corrected chi connectivity index (χ0v) is 18.9. The molecule has 6 nitrogen and oxygen atoms in total. The molecule has 0 aliphatic carbocycles. The van der Waals surface area contributed by atoms with E-state index in [0.717, 1.165) is 11.3 Å². The minimum atomic E-state index is -0.211. The fourth-order valence-electron chi connectivity index (χ4n) is 3.15. The molecule has 0 atom stereocenters. The zero-order valence-electron chi connectivity index (χ0n) is 18.1. The van der Waals surface area contributed by atoms with E-state index in [0.29, 0.717) is 49.0 Å². The van der Waals surface area contributed by atoms with Crippen LogP contribution in [0.2, 0.25) is 0 Å². The predicted octanol–water partition coefficient (Wildman–Crippen LogP) is 4.94. The second-order valence-electron chi connectivity index (χ2n) is 6.96. The third-order valence-corrected chi connectivity index (χ3v) is 5.55. The van der Waals surface area contributed by atoms with Crippen LogP contribution in [0.3, 0.4) is 0 Å². The summed E-state index contributed by atoms with van der Waals surface area (Å²) in [6, 6.07) is 17.0. The summed E-state index contributed by atoms with van der Waals surface area (Å²) in [6.45, 7) is 6.90. The van der Waals surface area contributed by atoms with Gasteiger partial charge in [-0.05, 0) is 25.5 Å². The number of para-hydroxylation sites is 1. The SMILES string of the molecule is C=CCN(C(=O)CCCNC(=O)c1ccccc1OCC)c1nc(-c2ccccc2)cs1. The number of carbonyl (C=O) groups excluding carboxylic acids is 2. The lowest BCUT2D eigenvalue weighted by Gasteiger charge is -2.18. The van der Waals surface area contributed by atoms with Crippen molar-refractivity contribution in [1.82, 2.24) is 10.3 Å². The number of anilines is 1. The van der Waals surface area contributed by atoms with Crippen molar-refractivity contribution in [3.63, 3.8) is 0 Å². The second kappa shape index (κ2) is 11.8. The summed E-state index contributed by atoms with van der Waals surface area (Å²) in [5, 5.41) is 5.46. The summed E-state index contributed by atoms with van der Waals surface area (Å²) in [6.07, 6.45) is 2.50. The molecule has 2 amide bonds. The predicted molar refractivity (Wildman–Crippen MR) is 129 cm³/mol. The highest BCUT2D eigenvalue weighted by Crippen LogP contribution is 2.28. The van der Waals surface area contributed by atoms with Crippen molar-refractivity contribution < 1.29 is 14.3 Å². The number of nitrogens with one attached hydrogen (secondary N) is 1. The lowest BCUT2D eigenvalue weighted by Crippen LogP contribution is -2.32. The molecule has 0 spiro atoms. The Morgan fingerprint density at radius 2 is 1.91 bits per heavy atom. The molecule has 1 aromatic heterocycles. The fourth-order valence-corrected chi connectivity index (χ4v) is 4.01. The van der Waals surface area contributed by atoms with Gasteiger partial charge in [0.05, 0.1) is 17.9 Å². The maximum atomic E-state index is 12.8. The molecule has 0 saturated carbocycles. The van der Waals surface area contributed by atoms with E-state index in [1.54, 1.807) is 29.2 Å². The molecule has 0 aliphatic rings. The molecule has 0 bridgehead atoms. The molecule has 2 aromatic carbocycles. The van der Waals surface area contributed by atoms with E-state index >= 15 is 0 Å². The van der Waals surface area contributed by atoms with E-state index < -0.39 is 0 Å². The van der Waals surface area contributed by atoms with Crippen LogP contribution in [0.4, 0.5) is 5.13 Å². The quantitative estimate of drug-likeness (QED) is 0.333. The van der Waals surface area contributed by atoms with Crippen LogP contribution in [0.1, 0.15) is 30.1 Å². The molecule has 166 valence electrons. The Morgan fingerprint density at radius 1 is 1.16 bits per heavy atom. The number of nitrogens with zero attached hydrogens (tertiary/aromatic N) is 2. The average molecular weight is 450 g/mol. The van der Waals surface area contributed by atoms with Gasteiger partial charge in [0.2, 0.25) is 5.91 Å². The van der Waals surface area contributed by atoms with E-state index in [2.05, 4.69) is 16.9 Å². The maximum absolute atomic E-state index is 12.8. The van der Waals surface area contributed by atoms with Crippen LogP contribution in [-0.4, -0.2) is 36.5 Å². The van der Waals surface area contributed by atoms with Crippen LogP contribution in [0, 0.1) is 0 Å². The molecule has 0 saturated heterocycles. The topological polar surface area (TPSA) is 71.5 Å². The van der Waals surface area contributed by atoms with Crippen molar-refractivity contribution in [3.05, 3.63) is 78.2 Å². The van der Waals surface area contributed by atoms with E-state index in [1.165, 1.54) is 11.3 Å². The van der Waals surface area contributed by atoms with Gasteiger partial charge in [-0.15, -0.1) is 17.9 Å². The Balaban J connectivity index is 1.55. The van der Waals surface area contributed by atoms with Crippen molar-refractivity contribution in [3.8, 4) is 17.0 Å². The average Bonchev–Trinajstić information content (AvgIpc) is 3.31. The molecule has 32 heavy (non-hydrogen) atoms. The highest BCUT2D eigenvalue weighted by atomic mass is 32.1. The molecular weight excluding hydrogens is 422 g/mol. The van der Waals surface area contributed by atoms with Crippen LogP contribution in [0.25, 0.3) is 11.3 Å². The Hall–Kier alpha value is -3.45. The summed E-state index contributed by atoms with van der Waals surface area (Å²) >= 11 is 1.43. The van der Waals surface area contributed by atoms with Crippen LogP contribution >= 0.6 is 11.3 Å². The fraction of sp³-hybridized carbons (Fsp3) is 0.240. The van der Waals surface area contributed by atoms with Crippen LogP contribution in [-0.2, 0) is 4.79 Å². The van der Waals surface area contributed by atoms with Gasteiger partial charge in [0.1, 0.15) is 5.75 Å². The van der Waals surface area contributed by atoms with Gasteiger partial charge in [0, 0.05) is 30.5 Å². The third-order valence-electron chi connectivity index (χ3n) is 4.69. The number of amides is 2. The number of thiazole rings is 1. The summed E-state index contributed by atoms with van der Waals surface area (Å²) < 4.78 is 5.51. The number of ether oxygens (including phenoxy) is 1. The lowest BCUT2D eigenvalue weighted by atomic mass is 10.2. The first-order valence-corrected chi connectivity index (χ1v) is 11.4.